The van der Waals surface area contributed by atoms with Gasteiger partial charge >= 0.3 is 6.03 Å². The monoisotopic (exact) mass is 241 g/mol. The highest BCUT2D eigenvalue weighted by Gasteiger charge is 2.22. The molecule has 0 radical (unpaired) electrons. The lowest BCUT2D eigenvalue weighted by molar-refractivity contribution is 0.182. The van der Waals surface area contributed by atoms with Crippen molar-refractivity contribution in [3.63, 3.8) is 0 Å². The number of hydrogen-bond acceptors (Lipinski definition) is 2. The summed E-state index contributed by atoms with van der Waals surface area (Å²) in [5.41, 5.74) is 0. The molecule has 1 fully saturated rings. The Bertz CT molecular complexity index is 235. The van der Waals surface area contributed by atoms with Crippen molar-refractivity contribution in [2.45, 2.75) is 52.6 Å². The number of amides is 2. The second-order valence-electron chi connectivity index (χ2n) is 5.70. The van der Waals surface area contributed by atoms with E-state index >= 15 is 0 Å². The molecular weight excluding hydrogens is 214 g/mol. The van der Waals surface area contributed by atoms with Crippen LogP contribution in [0.1, 0.15) is 40.5 Å². The van der Waals surface area contributed by atoms with Crippen molar-refractivity contribution in [3.05, 3.63) is 0 Å². The first-order valence-corrected chi connectivity index (χ1v) is 6.78. The minimum absolute atomic E-state index is 0.0717. The number of hydrogen-bond donors (Lipinski definition) is 2. The van der Waals surface area contributed by atoms with Gasteiger partial charge in [-0.1, -0.05) is 13.8 Å². The first kappa shape index (κ1) is 14.3. The van der Waals surface area contributed by atoms with Crippen LogP contribution in [0.4, 0.5) is 4.79 Å². The van der Waals surface area contributed by atoms with E-state index < -0.39 is 0 Å². The van der Waals surface area contributed by atoms with Gasteiger partial charge in [0.1, 0.15) is 0 Å². The van der Waals surface area contributed by atoms with E-state index in [0.717, 1.165) is 19.6 Å². The van der Waals surface area contributed by atoms with Crippen molar-refractivity contribution in [1.29, 1.82) is 0 Å². The first-order chi connectivity index (χ1) is 7.99. The van der Waals surface area contributed by atoms with Crippen molar-refractivity contribution in [3.8, 4) is 0 Å². The van der Waals surface area contributed by atoms with Crippen LogP contribution in [0.3, 0.4) is 0 Å². The van der Waals surface area contributed by atoms with Gasteiger partial charge in [-0.2, -0.15) is 0 Å². The van der Waals surface area contributed by atoms with Gasteiger partial charge < -0.3 is 15.5 Å². The second-order valence-corrected chi connectivity index (χ2v) is 5.70. The Morgan fingerprint density at radius 3 is 2.59 bits per heavy atom. The van der Waals surface area contributed by atoms with Gasteiger partial charge in [0.25, 0.3) is 0 Å². The Hall–Kier alpha value is -0.770. The molecule has 100 valence electrons. The summed E-state index contributed by atoms with van der Waals surface area (Å²) in [5, 5.41) is 6.43. The average Bonchev–Trinajstić information content (AvgIpc) is 2.67. The largest absolute Gasteiger partial charge is 0.336 e. The second kappa shape index (κ2) is 6.84. The molecule has 0 saturated carbocycles. The molecule has 1 atom stereocenters. The molecule has 1 heterocycles. The van der Waals surface area contributed by atoms with Gasteiger partial charge in [0.15, 0.2) is 0 Å². The topological polar surface area (TPSA) is 44.4 Å². The minimum atomic E-state index is 0.0717. The normalized spacial score (nSPS) is 20.0. The fourth-order valence-electron chi connectivity index (χ4n) is 2.20. The Balaban J connectivity index is 2.49. The fraction of sp³-hybridized carbons (Fsp3) is 0.923. The molecule has 17 heavy (non-hydrogen) atoms. The van der Waals surface area contributed by atoms with Crippen LogP contribution in [0.15, 0.2) is 0 Å². The quantitative estimate of drug-likeness (QED) is 0.771. The van der Waals surface area contributed by atoms with Gasteiger partial charge in [0.2, 0.25) is 0 Å². The van der Waals surface area contributed by atoms with Crippen molar-refractivity contribution in [1.82, 2.24) is 15.5 Å². The predicted molar refractivity (Wildman–Crippen MR) is 71.1 cm³/mol. The van der Waals surface area contributed by atoms with Gasteiger partial charge in [-0.15, -0.1) is 0 Å². The summed E-state index contributed by atoms with van der Waals surface area (Å²) in [6.45, 7) is 11.0. The van der Waals surface area contributed by atoms with E-state index in [1.54, 1.807) is 0 Å². The van der Waals surface area contributed by atoms with Gasteiger partial charge in [0.05, 0.1) is 0 Å². The smallest absolute Gasteiger partial charge is 0.317 e. The number of urea groups is 1. The molecule has 1 unspecified atom stereocenters. The van der Waals surface area contributed by atoms with Crippen molar-refractivity contribution < 1.29 is 4.79 Å². The van der Waals surface area contributed by atoms with E-state index in [9.17, 15) is 4.79 Å². The molecule has 0 spiro atoms. The van der Waals surface area contributed by atoms with Crippen molar-refractivity contribution in [2.24, 2.45) is 5.92 Å². The molecule has 4 heteroatoms. The fourth-order valence-corrected chi connectivity index (χ4v) is 2.20. The highest BCUT2D eigenvalue weighted by molar-refractivity contribution is 5.74. The highest BCUT2D eigenvalue weighted by Crippen LogP contribution is 2.09. The van der Waals surface area contributed by atoms with E-state index in [0.29, 0.717) is 12.0 Å². The van der Waals surface area contributed by atoms with E-state index in [4.69, 9.17) is 0 Å². The molecule has 1 aliphatic rings. The molecule has 4 nitrogen and oxygen atoms in total. The van der Waals surface area contributed by atoms with Crippen LogP contribution in [0, 0.1) is 5.92 Å². The van der Waals surface area contributed by atoms with E-state index in [1.165, 1.54) is 12.8 Å². The summed E-state index contributed by atoms with van der Waals surface area (Å²) in [4.78, 5) is 14.0. The third-order valence-corrected chi connectivity index (χ3v) is 2.89. The number of nitrogens with zero attached hydrogens (tertiary/aromatic N) is 1. The van der Waals surface area contributed by atoms with Crippen LogP contribution in [0.5, 0.6) is 0 Å². The van der Waals surface area contributed by atoms with Crippen molar-refractivity contribution >= 4 is 6.03 Å². The third-order valence-electron chi connectivity index (χ3n) is 2.89. The van der Waals surface area contributed by atoms with E-state index in [1.807, 2.05) is 18.7 Å². The van der Waals surface area contributed by atoms with Crippen LogP contribution in [-0.2, 0) is 0 Å². The molecule has 0 aliphatic carbocycles. The zero-order chi connectivity index (χ0) is 12.8. The Labute approximate surface area is 105 Å². The molecular formula is C13H27N3O. The molecule has 1 rings (SSSR count). The molecule has 0 bridgehead atoms. The lowest BCUT2D eigenvalue weighted by Gasteiger charge is -2.28. The van der Waals surface area contributed by atoms with Crippen LogP contribution in [0.25, 0.3) is 0 Å². The number of carbonyl (C=O) groups is 1. The Morgan fingerprint density at radius 1 is 1.41 bits per heavy atom. The molecule has 0 aromatic heterocycles. The van der Waals surface area contributed by atoms with Crippen LogP contribution < -0.4 is 10.6 Å². The molecule has 2 amide bonds. The average molecular weight is 241 g/mol. The minimum Gasteiger partial charge on any atom is -0.336 e. The molecule has 1 saturated heterocycles. The van der Waals surface area contributed by atoms with Gasteiger partial charge in [-0.3, -0.25) is 0 Å². The highest BCUT2D eigenvalue weighted by atomic mass is 16.2. The number of carbonyl (C=O) groups excluding carboxylic acids is 1. The summed E-state index contributed by atoms with van der Waals surface area (Å²) < 4.78 is 0. The molecule has 0 aromatic carbocycles. The Kier molecular flexibility index (Phi) is 5.75. The lowest BCUT2D eigenvalue weighted by atomic mass is 10.1. The molecule has 1 aliphatic heterocycles. The summed E-state index contributed by atoms with van der Waals surface area (Å²) in [7, 11) is 0. The number of rotatable bonds is 5. The summed E-state index contributed by atoms with van der Waals surface area (Å²) in [5.74, 6) is 0.509. The van der Waals surface area contributed by atoms with E-state index in [-0.39, 0.29) is 12.1 Å². The van der Waals surface area contributed by atoms with Gasteiger partial charge in [-0.05, 0) is 39.2 Å². The molecule has 0 aromatic rings. The maximum absolute atomic E-state index is 12.1. The maximum Gasteiger partial charge on any atom is 0.317 e. The summed E-state index contributed by atoms with van der Waals surface area (Å²) >= 11 is 0. The zero-order valence-corrected chi connectivity index (χ0v) is 11.6. The van der Waals surface area contributed by atoms with E-state index in [2.05, 4.69) is 24.5 Å². The molecule has 2 N–H and O–H groups in total. The van der Waals surface area contributed by atoms with Gasteiger partial charge in [-0.25, -0.2) is 4.79 Å². The zero-order valence-electron chi connectivity index (χ0n) is 11.6. The van der Waals surface area contributed by atoms with Crippen LogP contribution in [-0.4, -0.2) is 42.6 Å². The lowest BCUT2D eigenvalue weighted by Crippen LogP contribution is -2.48. The predicted octanol–water partition coefficient (Wildman–Crippen LogP) is 1.81. The standard InChI is InChI=1S/C13H27N3O/c1-10(2)8-16(13(17)15-11(3)4)9-12-6-5-7-14-12/h10-12,14H,5-9H2,1-4H3,(H,15,17). The SMILES string of the molecule is CC(C)CN(CC1CCCN1)C(=O)NC(C)C. The summed E-state index contributed by atoms with van der Waals surface area (Å²) in [6.07, 6.45) is 2.41. The number of nitrogens with one attached hydrogen (secondary N) is 2. The van der Waals surface area contributed by atoms with Gasteiger partial charge in [0, 0.05) is 25.2 Å². The van der Waals surface area contributed by atoms with Crippen molar-refractivity contribution in [2.75, 3.05) is 19.6 Å². The van der Waals surface area contributed by atoms with Crippen LogP contribution >= 0.6 is 0 Å². The van der Waals surface area contributed by atoms with Crippen LogP contribution in [0.2, 0.25) is 0 Å². The Morgan fingerprint density at radius 2 is 2.12 bits per heavy atom. The maximum atomic E-state index is 12.1. The third kappa shape index (κ3) is 5.39. The summed E-state index contributed by atoms with van der Waals surface area (Å²) in [6, 6.07) is 0.753. The first-order valence-electron chi connectivity index (χ1n) is 6.78.